The van der Waals surface area contributed by atoms with Gasteiger partial charge in [-0.05, 0) is 0 Å². The molecule has 2 N–H and O–H groups in total. The van der Waals surface area contributed by atoms with Crippen LogP contribution >= 0.6 is 0 Å². The Labute approximate surface area is 90.3 Å². The first-order valence-electron chi connectivity index (χ1n) is 5.43. The predicted molar refractivity (Wildman–Crippen MR) is 55.6 cm³/mol. The van der Waals surface area contributed by atoms with Gasteiger partial charge in [-0.25, -0.2) is 0 Å². The molecule has 2 aliphatic heterocycles. The molecule has 0 spiro atoms. The zero-order valence-electron chi connectivity index (χ0n) is 9.05. The van der Waals surface area contributed by atoms with E-state index in [-0.39, 0.29) is 13.5 Å². The molecule has 0 aromatic rings. The van der Waals surface area contributed by atoms with Crippen LogP contribution in [0.3, 0.4) is 0 Å². The lowest BCUT2D eigenvalue weighted by Gasteiger charge is -2.23. The molecule has 6 nitrogen and oxygen atoms in total. The normalized spacial score (nSPS) is 26.8. The fourth-order valence-corrected chi connectivity index (χ4v) is 2.16. The molecule has 15 heavy (non-hydrogen) atoms. The Kier molecular flexibility index (Phi) is 3.90. The Morgan fingerprint density at radius 2 is 1.07 bits per heavy atom. The molecule has 2 aliphatic rings. The molecule has 0 unspecified atom stereocenters. The number of hydrogen-bond acceptors (Lipinski definition) is 6. The van der Waals surface area contributed by atoms with Crippen molar-refractivity contribution in [1.29, 1.82) is 0 Å². The van der Waals surface area contributed by atoms with Gasteiger partial charge in [0.1, 0.15) is 0 Å². The first-order chi connectivity index (χ1) is 7.31. The number of aliphatic hydroxyl groups is 2. The zero-order chi connectivity index (χ0) is 10.7. The summed E-state index contributed by atoms with van der Waals surface area (Å²) in [4.78, 5) is 8.66. The number of nitrogens with zero attached hydrogens (tertiary/aromatic N) is 4. The van der Waals surface area contributed by atoms with Gasteiger partial charge in [0, 0.05) is 26.2 Å². The van der Waals surface area contributed by atoms with Crippen LogP contribution in [0.15, 0.2) is 0 Å². The van der Waals surface area contributed by atoms with Crippen LogP contribution in [0.2, 0.25) is 0 Å². The van der Waals surface area contributed by atoms with Gasteiger partial charge in [-0.15, -0.1) is 0 Å². The molecular formula is C9H20N4O2. The minimum Gasteiger partial charge on any atom is -0.381 e. The largest absolute Gasteiger partial charge is 0.381 e. The van der Waals surface area contributed by atoms with Crippen LogP contribution in [0.5, 0.6) is 0 Å². The van der Waals surface area contributed by atoms with Gasteiger partial charge in [-0.1, -0.05) is 0 Å². The van der Waals surface area contributed by atoms with E-state index in [9.17, 15) is 0 Å². The van der Waals surface area contributed by atoms with Crippen molar-refractivity contribution in [3.05, 3.63) is 0 Å². The van der Waals surface area contributed by atoms with Crippen LogP contribution in [0.25, 0.3) is 0 Å². The van der Waals surface area contributed by atoms with Crippen LogP contribution < -0.4 is 0 Å². The van der Waals surface area contributed by atoms with Crippen molar-refractivity contribution in [2.24, 2.45) is 0 Å². The molecule has 2 heterocycles. The fraction of sp³-hybridized carbons (Fsp3) is 1.00. The molecule has 6 heteroatoms. The maximum Gasteiger partial charge on any atom is 0.0967 e. The van der Waals surface area contributed by atoms with Gasteiger partial charge in [-0.3, -0.25) is 19.6 Å². The SMILES string of the molecule is OCN1CCN(CN2CCN(CO)C2)C1. The molecule has 0 aliphatic carbocycles. The molecule has 0 amide bonds. The Bertz CT molecular complexity index is 185. The summed E-state index contributed by atoms with van der Waals surface area (Å²) in [5, 5.41) is 17.9. The standard InChI is InChI=1S/C9H20N4O2/c14-8-12-3-1-10(6-12)5-11-2-4-13(7-11)9-15/h14-15H,1-9H2. The Morgan fingerprint density at radius 1 is 0.667 bits per heavy atom. The van der Waals surface area contributed by atoms with E-state index in [1.165, 1.54) is 0 Å². The summed E-state index contributed by atoms with van der Waals surface area (Å²) in [6.07, 6.45) is 0. The first-order valence-corrected chi connectivity index (χ1v) is 5.43. The van der Waals surface area contributed by atoms with Crippen molar-refractivity contribution in [2.75, 3.05) is 59.6 Å². The van der Waals surface area contributed by atoms with E-state index in [0.29, 0.717) is 0 Å². The molecule has 0 radical (unpaired) electrons. The lowest BCUT2D eigenvalue weighted by atomic mass is 10.6. The summed E-state index contributed by atoms with van der Waals surface area (Å²) in [7, 11) is 0. The van der Waals surface area contributed by atoms with E-state index in [1.54, 1.807) is 0 Å². The van der Waals surface area contributed by atoms with Gasteiger partial charge in [0.2, 0.25) is 0 Å². The summed E-state index contributed by atoms with van der Waals surface area (Å²) in [6, 6.07) is 0. The molecule has 2 saturated heterocycles. The summed E-state index contributed by atoms with van der Waals surface area (Å²) >= 11 is 0. The minimum atomic E-state index is 0.152. The Hall–Kier alpha value is -0.240. The van der Waals surface area contributed by atoms with Crippen molar-refractivity contribution in [2.45, 2.75) is 0 Å². The second kappa shape index (κ2) is 5.20. The van der Waals surface area contributed by atoms with Gasteiger partial charge in [0.15, 0.2) is 0 Å². The van der Waals surface area contributed by atoms with Gasteiger partial charge in [0.25, 0.3) is 0 Å². The second-order valence-electron chi connectivity index (χ2n) is 4.28. The quantitative estimate of drug-likeness (QED) is 0.566. The van der Waals surface area contributed by atoms with Crippen LogP contribution in [-0.4, -0.2) is 89.5 Å². The molecule has 0 aromatic carbocycles. The van der Waals surface area contributed by atoms with E-state index in [2.05, 4.69) is 9.80 Å². The third-order valence-electron chi connectivity index (χ3n) is 3.06. The summed E-state index contributed by atoms with van der Waals surface area (Å²) in [6.45, 7) is 6.90. The molecule has 0 saturated carbocycles. The van der Waals surface area contributed by atoms with Crippen molar-refractivity contribution < 1.29 is 10.2 Å². The summed E-state index contributed by atoms with van der Waals surface area (Å²) < 4.78 is 0. The first kappa shape index (κ1) is 11.3. The van der Waals surface area contributed by atoms with Crippen molar-refractivity contribution >= 4 is 0 Å². The highest BCUT2D eigenvalue weighted by Gasteiger charge is 2.24. The Balaban J connectivity index is 1.70. The van der Waals surface area contributed by atoms with Crippen molar-refractivity contribution in [1.82, 2.24) is 19.6 Å². The zero-order valence-corrected chi connectivity index (χ0v) is 9.05. The molecule has 88 valence electrons. The molecule has 0 atom stereocenters. The minimum absolute atomic E-state index is 0.152. The van der Waals surface area contributed by atoms with Gasteiger partial charge in [0.05, 0.1) is 33.5 Å². The van der Waals surface area contributed by atoms with Gasteiger partial charge < -0.3 is 10.2 Å². The molecular weight excluding hydrogens is 196 g/mol. The summed E-state index contributed by atoms with van der Waals surface area (Å²) in [5.41, 5.74) is 0. The Morgan fingerprint density at radius 3 is 1.40 bits per heavy atom. The van der Waals surface area contributed by atoms with E-state index in [1.807, 2.05) is 9.80 Å². The monoisotopic (exact) mass is 216 g/mol. The number of hydrogen-bond donors (Lipinski definition) is 2. The second-order valence-corrected chi connectivity index (χ2v) is 4.28. The van der Waals surface area contributed by atoms with Crippen LogP contribution in [0.4, 0.5) is 0 Å². The predicted octanol–water partition coefficient (Wildman–Crippen LogP) is -2.01. The number of aliphatic hydroxyl groups excluding tert-OH is 2. The molecule has 0 bridgehead atoms. The van der Waals surface area contributed by atoms with E-state index in [0.717, 1.165) is 46.2 Å². The topological polar surface area (TPSA) is 53.4 Å². The lowest BCUT2D eigenvalue weighted by molar-refractivity contribution is 0.0758. The highest BCUT2D eigenvalue weighted by atomic mass is 16.3. The third-order valence-corrected chi connectivity index (χ3v) is 3.06. The smallest absolute Gasteiger partial charge is 0.0967 e. The molecule has 0 aromatic heterocycles. The highest BCUT2D eigenvalue weighted by Crippen LogP contribution is 2.08. The van der Waals surface area contributed by atoms with E-state index < -0.39 is 0 Å². The van der Waals surface area contributed by atoms with Crippen LogP contribution in [0.1, 0.15) is 0 Å². The van der Waals surface area contributed by atoms with Gasteiger partial charge >= 0.3 is 0 Å². The average Bonchev–Trinajstić information content (AvgIpc) is 2.87. The lowest BCUT2D eigenvalue weighted by Crippen LogP contribution is -2.37. The highest BCUT2D eigenvalue weighted by molar-refractivity contribution is 4.73. The molecule has 2 rings (SSSR count). The summed E-state index contributed by atoms with van der Waals surface area (Å²) in [5.74, 6) is 0. The van der Waals surface area contributed by atoms with Crippen LogP contribution in [0, 0.1) is 0 Å². The van der Waals surface area contributed by atoms with Crippen LogP contribution in [-0.2, 0) is 0 Å². The van der Waals surface area contributed by atoms with Crippen molar-refractivity contribution in [3.8, 4) is 0 Å². The maximum absolute atomic E-state index is 8.97. The van der Waals surface area contributed by atoms with Crippen molar-refractivity contribution in [3.63, 3.8) is 0 Å². The van der Waals surface area contributed by atoms with E-state index in [4.69, 9.17) is 10.2 Å². The fourth-order valence-electron chi connectivity index (χ4n) is 2.16. The number of rotatable bonds is 4. The maximum atomic E-state index is 8.97. The van der Waals surface area contributed by atoms with Gasteiger partial charge in [-0.2, -0.15) is 0 Å². The third kappa shape index (κ3) is 2.87. The van der Waals surface area contributed by atoms with E-state index >= 15 is 0 Å². The average molecular weight is 216 g/mol. The molecule has 2 fully saturated rings.